The van der Waals surface area contributed by atoms with E-state index in [0.717, 1.165) is 23.5 Å². The second-order valence-corrected chi connectivity index (χ2v) is 5.72. The van der Waals surface area contributed by atoms with Crippen LogP contribution in [0.2, 0.25) is 0 Å². The molecule has 0 amide bonds. The van der Waals surface area contributed by atoms with Crippen molar-refractivity contribution in [3.63, 3.8) is 0 Å². The minimum absolute atomic E-state index is 0.0737. The van der Waals surface area contributed by atoms with Crippen LogP contribution in [0.5, 0.6) is 5.88 Å². The van der Waals surface area contributed by atoms with Gasteiger partial charge in [-0.15, -0.1) is 0 Å². The minimum atomic E-state index is -0.0737. The van der Waals surface area contributed by atoms with Crippen LogP contribution in [0.1, 0.15) is 23.8 Å². The fraction of sp³-hybridized carbons (Fsp3) is 0.375. The van der Waals surface area contributed by atoms with Crippen LogP contribution in [-0.2, 0) is 4.74 Å². The molecule has 0 unspecified atom stereocenters. The van der Waals surface area contributed by atoms with Crippen molar-refractivity contribution in [1.82, 2.24) is 24.6 Å². The molecule has 124 valence electrons. The highest BCUT2D eigenvalue weighted by Crippen LogP contribution is 2.31. The van der Waals surface area contributed by atoms with E-state index in [1.54, 1.807) is 17.8 Å². The first-order valence-electron chi connectivity index (χ1n) is 7.80. The van der Waals surface area contributed by atoms with Crippen LogP contribution in [0.3, 0.4) is 0 Å². The van der Waals surface area contributed by atoms with Gasteiger partial charge in [-0.2, -0.15) is 14.6 Å². The topological polar surface area (TPSA) is 86.5 Å². The Balaban J connectivity index is 1.61. The van der Waals surface area contributed by atoms with Gasteiger partial charge >= 0.3 is 0 Å². The Morgan fingerprint density at radius 3 is 3.04 bits per heavy atom. The molecule has 0 radical (unpaired) electrons. The highest BCUT2D eigenvalue weighted by atomic mass is 16.5. The zero-order valence-corrected chi connectivity index (χ0v) is 13.5. The summed E-state index contributed by atoms with van der Waals surface area (Å²) >= 11 is 0. The van der Waals surface area contributed by atoms with Crippen LogP contribution in [0.25, 0.3) is 5.78 Å². The van der Waals surface area contributed by atoms with Crippen LogP contribution in [0, 0.1) is 6.92 Å². The average Bonchev–Trinajstić information content (AvgIpc) is 3.24. The van der Waals surface area contributed by atoms with Gasteiger partial charge in [0.25, 0.3) is 5.78 Å². The Kier molecular flexibility index (Phi) is 3.73. The second-order valence-electron chi connectivity index (χ2n) is 5.72. The van der Waals surface area contributed by atoms with Gasteiger partial charge in [-0.3, -0.25) is 0 Å². The summed E-state index contributed by atoms with van der Waals surface area (Å²) in [5.74, 6) is 2.03. The maximum atomic E-state index is 5.92. The molecule has 4 rings (SSSR count). The van der Waals surface area contributed by atoms with Crippen molar-refractivity contribution >= 4 is 11.6 Å². The number of anilines is 1. The Bertz CT molecular complexity index is 847. The molecule has 0 saturated carbocycles. The highest BCUT2D eigenvalue weighted by Gasteiger charge is 2.30. The van der Waals surface area contributed by atoms with E-state index in [0.29, 0.717) is 18.3 Å². The summed E-state index contributed by atoms with van der Waals surface area (Å²) in [6, 6.07) is 5.91. The normalized spacial score (nSPS) is 20.4. The van der Waals surface area contributed by atoms with Crippen LogP contribution < -0.4 is 10.1 Å². The SMILES string of the molecule is COc1ccc([C@H]2OCC[C@@H]2Nc2cc(C)nc3ncnn23)cn1. The lowest BCUT2D eigenvalue weighted by Crippen LogP contribution is -2.25. The van der Waals surface area contributed by atoms with E-state index in [1.807, 2.05) is 25.1 Å². The maximum absolute atomic E-state index is 5.92. The molecule has 2 atom stereocenters. The van der Waals surface area contributed by atoms with Gasteiger partial charge in [0, 0.05) is 36.2 Å². The second kappa shape index (κ2) is 6.04. The molecule has 1 aliphatic rings. The summed E-state index contributed by atoms with van der Waals surface area (Å²) in [5, 5.41) is 7.76. The van der Waals surface area contributed by atoms with Crippen LogP contribution in [0.4, 0.5) is 5.82 Å². The van der Waals surface area contributed by atoms with E-state index in [1.165, 1.54) is 6.33 Å². The van der Waals surface area contributed by atoms with E-state index < -0.39 is 0 Å². The summed E-state index contributed by atoms with van der Waals surface area (Å²) in [4.78, 5) is 12.8. The van der Waals surface area contributed by atoms with Gasteiger partial charge in [-0.05, 0) is 19.4 Å². The largest absolute Gasteiger partial charge is 0.481 e. The first-order chi connectivity index (χ1) is 11.7. The highest BCUT2D eigenvalue weighted by molar-refractivity contribution is 5.46. The van der Waals surface area contributed by atoms with Crippen molar-refractivity contribution in [3.8, 4) is 5.88 Å². The first-order valence-corrected chi connectivity index (χ1v) is 7.80. The minimum Gasteiger partial charge on any atom is -0.481 e. The molecular weight excluding hydrogens is 308 g/mol. The number of aromatic nitrogens is 5. The fourth-order valence-electron chi connectivity index (χ4n) is 2.97. The summed E-state index contributed by atoms with van der Waals surface area (Å²) in [6.45, 7) is 2.63. The molecule has 8 nitrogen and oxygen atoms in total. The predicted octanol–water partition coefficient (Wildman–Crippen LogP) is 1.78. The van der Waals surface area contributed by atoms with Gasteiger partial charge in [0.1, 0.15) is 18.2 Å². The number of rotatable bonds is 4. The molecule has 0 aliphatic carbocycles. The van der Waals surface area contributed by atoms with E-state index in [9.17, 15) is 0 Å². The number of hydrogen-bond acceptors (Lipinski definition) is 7. The molecule has 3 aromatic heterocycles. The predicted molar refractivity (Wildman–Crippen MR) is 87.0 cm³/mol. The van der Waals surface area contributed by atoms with Gasteiger partial charge in [0.05, 0.1) is 13.2 Å². The third-order valence-corrected chi connectivity index (χ3v) is 4.10. The molecule has 0 bridgehead atoms. The third-order valence-electron chi connectivity index (χ3n) is 4.10. The number of pyridine rings is 1. The third kappa shape index (κ3) is 2.65. The van der Waals surface area contributed by atoms with Gasteiger partial charge < -0.3 is 14.8 Å². The average molecular weight is 326 g/mol. The van der Waals surface area contributed by atoms with E-state index in [-0.39, 0.29) is 12.1 Å². The fourth-order valence-corrected chi connectivity index (χ4v) is 2.97. The van der Waals surface area contributed by atoms with Gasteiger partial charge in [0.15, 0.2) is 0 Å². The molecule has 0 spiro atoms. The molecule has 1 fully saturated rings. The number of aryl methyl sites for hydroxylation is 1. The van der Waals surface area contributed by atoms with Crippen molar-refractivity contribution in [2.24, 2.45) is 0 Å². The number of ether oxygens (including phenoxy) is 2. The molecular formula is C16H18N6O2. The molecule has 4 heterocycles. The Morgan fingerprint density at radius 1 is 1.33 bits per heavy atom. The maximum Gasteiger partial charge on any atom is 0.254 e. The van der Waals surface area contributed by atoms with Gasteiger partial charge in [0.2, 0.25) is 5.88 Å². The van der Waals surface area contributed by atoms with Gasteiger partial charge in [-0.25, -0.2) is 9.97 Å². The van der Waals surface area contributed by atoms with Crippen LogP contribution in [0.15, 0.2) is 30.7 Å². The van der Waals surface area contributed by atoms with Crippen molar-refractivity contribution in [2.45, 2.75) is 25.5 Å². The van der Waals surface area contributed by atoms with Gasteiger partial charge in [-0.1, -0.05) is 0 Å². The van der Waals surface area contributed by atoms with E-state index in [2.05, 4.69) is 25.4 Å². The smallest absolute Gasteiger partial charge is 0.254 e. The Morgan fingerprint density at radius 2 is 2.25 bits per heavy atom. The summed E-state index contributed by atoms with van der Waals surface area (Å²) < 4.78 is 12.7. The molecule has 3 aromatic rings. The van der Waals surface area contributed by atoms with Crippen LogP contribution >= 0.6 is 0 Å². The molecule has 0 aromatic carbocycles. The summed E-state index contributed by atoms with van der Waals surface area (Å²) in [7, 11) is 1.60. The van der Waals surface area contributed by atoms with Crippen molar-refractivity contribution in [1.29, 1.82) is 0 Å². The van der Waals surface area contributed by atoms with E-state index >= 15 is 0 Å². The number of fused-ring (bicyclic) bond motifs is 1. The monoisotopic (exact) mass is 326 g/mol. The number of methoxy groups -OCH3 is 1. The first kappa shape index (κ1) is 14.8. The lowest BCUT2D eigenvalue weighted by atomic mass is 10.0. The van der Waals surface area contributed by atoms with E-state index in [4.69, 9.17) is 9.47 Å². The number of hydrogen-bond donors (Lipinski definition) is 1. The Hall–Kier alpha value is -2.74. The number of nitrogens with one attached hydrogen (secondary N) is 1. The summed E-state index contributed by atoms with van der Waals surface area (Å²) in [6.07, 6.45) is 4.12. The molecule has 24 heavy (non-hydrogen) atoms. The number of nitrogens with zero attached hydrogens (tertiary/aromatic N) is 5. The zero-order valence-electron chi connectivity index (χ0n) is 13.5. The molecule has 1 aliphatic heterocycles. The zero-order chi connectivity index (χ0) is 16.5. The quantitative estimate of drug-likeness (QED) is 0.782. The van der Waals surface area contributed by atoms with Crippen molar-refractivity contribution in [3.05, 3.63) is 42.0 Å². The molecule has 1 saturated heterocycles. The molecule has 1 N–H and O–H groups in total. The lowest BCUT2D eigenvalue weighted by molar-refractivity contribution is 0.107. The molecule has 8 heteroatoms. The van der Waals surface area contributed by atoms with Crippen LogP contribution in [-0.4, -0.2) is 44.3 Å². The van der Waals surface area contributed by atoms with Crippen molar-refractivity contribution in [2.75, 3.05) is 19.0 Å². The standard InChI is InChI=1S/C16H18N6O2/c1-10-7-13(22-16(20-10)18-9-19-22)21-12-5-6-24-15(12)11-3-4-14(23-2)17-8-11/h3-4,7-9,12,15,21H,5-6H2,1-2H3/t12-,15+/m0/s1. The van der Waals surface area contributed by atoms with Crippen molar-refractivity contribution < 1.29 is 9.47 Å². The Labute approximate surface area is 138 Å². The summed E-state index contributed by atoms with van der Waals surface area (Å²) in [5.41, 5.74) is 1.91. The lowest BCUT2D eigenvalue weighted by Gasteiger charge is -2.21.